The van der Waals surface area contributed by atoms with Gasteiger partial charge in [-0.1, -0.05) is 30.7 Å². The molecular formula is C19H26N2O3. The Balaban J connectivity index is 1.42. The number of nitrogens with zero attached hydrogens (tertiary/aromatic N) is 1. The van der Waals surface area contributed by atoms with E-state index in [4.69, 9.17) is 10.5 Å². The van der Waals surface area contributed by atoms with Gasteiger partial charge in [0.1, 0.15) is 6.10 Å². The highest BCUT2D eigenvalue weighted by atomic mass is 16.5. The molecular weight excluding hydrogens is 304 g/mol. The first-order chi connectivity index (χ1) is 11.6. The van der Waals surface area contributed by atoms with E-state index in [1.807, 2.05) is 24.3 Å². The van der Waals surface area contributed by atoms with Crippen molar-refractivity contribution in [1.82, 2.24) is 4.90 Å². The first kappa shape index (κ1) is 17.0. The number of fused-ring (bicyclic) bond motifs is 1. The van der Waals surface area contributed by atoms with E-state index in [1.54, 1.807) is 4.90 Å². The van der Waals surface area contributed by atoms with Gasteiger partial charge < -0.3 is 15.4 Å². The van der Waals surface area contributed by atoms with Gasteiger partial charge in [-0.05, 0) is 43.2 Å². The summed E-state index contributed by atoms with van der Waals surface area (Å²) >= 11 is 0. The highest BCUT2D eigenvalue weighted by Crippen LogP contribution is 2.23. The van der Waals surface area contributed by atoms with Crippen LogP contribution in [0.2, 0.25) is 0 Å². The number of ether oxygens (including phenoxy) is 1. The summed E-state index contributed by atoms with van der Waals surface area (Å²) in [5.74, 6) is -0.313. The summed E-state index contributed by atoms with van der Waals surface area (Å²) in [6.45, 7) is 1.21. The van der Waals surface area contributed by atoms with Gasteiger partial charge in [0.25, 0.3) is 0 Å². The Morgan fingerprint density at radius 2 is 1.75 bits per heavy atom. The second-order valence-electron chi connectivity index (χ2n) is 6.86. The Morgan fingerprint density at radius 1 is 1.12 bits per heavy atom. The van der Waals surface area contributed by atoms with Crippen molar-refractivity contribution in [3.05, 3.63) is 35.4 Å². The zero-order chi connectivity index (χ0) is 16.9. The molecule has 1 amide bonds. The van der Waals surface area contributed by atoms with Crippen molar-refractivity contribution in [3.63, 3.8) is 0 Å². The molecule has 1 aliphatic heterocycles. The summed E-state index contributed by atoms with van der Waals surface area (Å²) in [7, 11) is 0. The lowest BCUT2D eigenvalue weighted by molar-refractivity contribution is -0.150. The van der Waals surface area contributed by atoms with Crippen LogP contribution in [0.5, 0.6) is 0 Å². The number of amides is 1. The smallest absolute Gasteiger partial charge is 0.306 e. The molecule has 0 saturated heterocycles. The van der Waals surface area contributed by atoms with E-state index in [9.17, 15) is 9.59 Å². The van der Waals surface area contributed by atoms with Gasteiger partial charge in [-0.25, -0.2) is 0 Å². The predicted molar refractivity (Wildman–Crippen MR) is 90.9 cm³/mol. The molecule has 130 valence electrons. The maximum atomic E-state index is 12.5. The van der Waals surface area contributed by atoms with Crippen LogP contribution in [0.4, 0.5) is 0 Å². The molecule has 1 fully saturated rings. The van der Waals surface area contributed by atoms with E-state index >= 15 is 0 Å². The van der Waals surface area contributed by atoms with E-state index in [2.05, 4.69) is 0 Å². The minimum absolute atomic E-state index is 0.0613. The summed E-state index contributed by atoms with van der Waals surface area (Å²) in [5.41, 5.74) is 8.37. The summed E-state index contributed by atoms with van der Waals surface area (Å²) in [5, 5.41) is 0. The first-order valence-electron chi connectivity index (χ1n) is 8.94. The minimum atomic E-state index is -0.641. The van der Waals surface area contributed by atoms with Gasteiger partial charge in [-0.2, -0.15) is 0 Å². The van der Waals surface area contributed by atoms with Gasteiger partial charge in [0.05, 0.1) is 6.04 Å². The third kappa shape index (κ3) is 4.15. The van der Waals surface area contributed by atoms with Crippen LogP contribution in [0.3, 0.4) is 0 Å². The Bertz CT molecular complexity index is 571. The first-order valence-corrected chi connectivity index (χ1v) is 8.94. The molecule has 1 aliphatic carbocycles. The number of esters is 1. The van der Waals surface area contributed by atoms with Crippen molar-refractivity contribution in [2.24, 2.45) is 5.73 Å². The molecule has 0 aromatic heterocycles. The van der Waals surface area contributed by atoms with Crippen LogP contribution in [0, 0.1) is 0 Å². The van der Waals surface area contributed by atoms with Crippen LogP contribution >= 0.6 is 0 Å². The van der Waals surface area contributed by atoms with Crippen molar-refractivity contribution in [3.8, 4) is 0 Å². The fourth-order valence-electron chi connectivity index (χ4n) is 3.55. The van der Waals surface area contributed by atoms with Gasteiger partial charge in [-0.3, -0.25) is 9.59 Å². The highest BCUT2D eigenvalue weighted by Gasteiger charge is 2.27. The van der Waals surface area contributed by atoms with Crippen molar-refractivity contribution < 1.29 is 14.3 Å². The fourth-order valence-corrected chi connectivity index (χ4v) is 3.55. The molecule has 0 unspecified atom stereocenters. The summed E-state index contributed by atoms with van der Waals surface area (Å²) in [6.07, 6.45) is 6.03. The molecule has 1 aromatic carbocycles. The van der Waals surface area contributed by atoms with Crippen molar-refractivity contribution in [2.75, 3.05) is 0 Å². The predicted octanol–water partition coefficient (Wildman–Crippen LogP) is 2.51. The molecule has 1 saturated carbocycles. The van der Waals surface area contributed by atoms with Gasteiger partial charge in [0.15, 0.2) is 0 Å². The maximum Gasteiger partial charge on any atom is 0.306 e. The summed E-state index contributed by atoms with van der Waals surface area (Å²) < 4.78 is 5.48. The Hall–Kier alpha value is -1.88. The lowest BCUT2D eigenvalue weighted by atomic mass is 9.98. The molecule has 5 heteroatoms. The van der Waals surface area contributed by atoms with Gasteiger partial charge in [0.2, 0.25) is 5.91 Å². The van der Waals surface area contributed by atoms with Gasteiger partial charge >= 0.3 is 5.97 Å². The molecule has 3 rings (SSSR count). The topological polar surface area (TPSA) is 72.6 Å². The Kier molecular flexibility index (Phi) is 5.51. The molecule has 24 heavy (non-hydrogen) atoms. The second-order valence-corrected chi connectivity index (χ2v) is 6.86. The second kappa shape index (κ2) is 7.79. The molecule has 2 aliphatic rings. The van der Waals surface area contributed by atoms with Crippen molar-refractivity contribution in [2.45, 2.75) is 70.2 Å². The Labute approximate surface area is 143 Å². The highest BCUT2D eigenvalue weighted by molar-refractivity contribution is 5.83. The lowest BCUT2D eigenvalue weighted by Gasteiger charge is -2.23. The summed E-state index contributed by atoms with van der Waals surface area (Å²) in [4.78, 5) is 26.2. The van der Waals surface area contributed by atoms with Gasteiger partial charge in [0, 0.05) is 19.5 Å². The average Bonchev–Trinajstić information content (AvgIpc) is 3.04. The van der Waals surface area contributed by atoms with Crippen molar-refractivity contribution in [1.29, 1.82) is 0 Å². The van der Waals surface area contributed by atoms with Crippen LogP contribution in [0.1, 0.15) is 56.1 Å². The molecule has 0 bridgehead atoms. The largest absolute Gasteiger partial charge is 0.462 e. The number of hydrogen-bond acceptors (Lipinski definition) is 4. The fraction of sp³-hybridized carbons (Fsp3) is 0.579. The quantitative estimate of drug-likeness (QED) is 0.842. The zero-order valence-corrected chi connectivity index (χ0v) is 14.1. The third-order valence-corrected chi connectivity index (χ3v) is 4.98. The van der Waals surface area contributed by atoms with E-state index < -0.39 is 6.04 Å². The number of rotatable bonds is 5. The molecule has 1 aromatic rings. The molecule has 2 N–H and O–H groups in total. The monoisotopic (exact) mass is 330 g/mol. The molecule has 0 spiro atoms. The number of hydrogen-bond donors (Lipinski definition) is 1. The molecule has 5 nitrogen and oxygen atoms in total. The molecule has 1 heterocycles. The lowest BCUT2D eigenvalue weighted by Crippen LogP contribution is -2.41. The van der Waals surface area contributed by atoms with Crippen molar-refractivity contribution >= 4 is 11.9 Å². The summed E-state index contributed by atoms with van der Waals surface area (Å²) in [6, 6.07) is 7.39. The van der Waals surface area contributed by atoms with Crippen LogP contribution < -0.4 is 5.73 Å². The van der Waals surface area contributed by atoms with Crippen LogP contribution in [0.15, 0.2) is 24.3 Å². The SMILES string of the molecule is N[C@H](CCC(=O)OC1CCCCC1)C(=O)N1Cc2ccccc2C1. The molecule has 1 atom stereocenters. The van der Waals surface area contributed by atoms with E-state index in [0.717, 1.165) is 25.7 Å². The molecule has 0 radical (unpaired) electrons. The van der Waals surface area contributed by atoms with Crippen LogP contribution in [0.25, 0.3) is 0 Å². The van der Waals surface area contributed by atoms with Crippen LogP contribution in [-0.4, -0.2) is 28.9 Å². The van der Waals surface area contributed by atoms with Crippen LogP contribution in [-0.2, 0) is 27.4 Å². The minimum Gasteiger partial charge on any atom is -0.462 e. The van der Waals surface area contributed by atoms with Gasteiger partial charge in [-0.15, -0.1) is 0 Å². The average molecular weight is 330 g/mol. The Morgan fingerprint density at radius 3 is 2.38 bits per heavy atom. The maximum absolute atomic E-state index is 12.5. The van der Waals surface area contributed by atoms with E-state index in [0.29, 0.717) is 19.5 Å². The van der Waals surface area contributed by atoms with E-state index in [1.165, 1.54) is 17.5 Å². The van der Waals surface area contributed by atoms with E-state index in [-0.39, 0.29) is 24.4 Å². The third-order valence-electron chi connectivity index (χ3n) is 4.98. The standard InChI is InChI=1S/C19H26N2O3/c20-17(10-11-18(22)24-16-8-2-1-3-9-16)19(23)21-12-14-6-4-5-7-15(14)13-21/h4-7,16-17H,1-3,8-13,20H2/t17-/m1/s1. The number of benzene rings is 1. The number of nitrogens with two attached hydrogens (primary N) is 1. The number of carbonyl (C=O) groups is 2. The number of carbonyl (C=O) groups excluding carboxylic acids is 2. The normalized spacial score (nSPS) is 19.0. The zero-order valence-electron chi connectivity index (χ0n) is 14.1.